The van der Waals surface area contributed by atoms with Crippen molar-refractivity contribution in [3.8, 4) is 12.3 Å². The number of nitrogens with zero attached hydrogens (tertiary/aromatic N) is 2. The molecule has 0 atom stereocenters. The van der Waals surface area contributed by atoms with E-state index in [1.165, 1.54) is 7.05 Å². The van der Waals surface area contributed by atoms with Gasteiger partial charge in [0, 0.05) is 24.9 Å². The average Bonchev–Trinajstić information content (AvgIpc) is 2.94. The zero-order chi connectivity index (χ0) is 21.8. The summed E-state index contributed by atoms with van der Waals surface area (Å²) in [6, 6.07) is 5.68. The number of carbonyl (C=O) groups is 3. The number of hydrogen-bond donors (Lipinski definition) is 1. The molecular weight excluding hydrogens is 378 g/mol. The van der Waals surface area contributed by atoms with Gasteiger partial charge in [-0.15, -0.1) is 6.42 Å². The van der Waals surface area contributed by atoms with Crippen molar-refractivity contribution in [3.63, 3.8) is 0 Å². The molecule has 1 aromatic rings. The van der Waals surface area contributed by atoms with Gasteiger partial charge in [-0.05, 0) is 67.7 Å². The van der Waals surface area contributed by atoms with Crippen molar-refractivity contribution in [2.75, 3.05) is 25.5 Å². The van der Waals surface area contributed by atoms with E-state index >= 15 is 0 Å². The van der Waals surface area contributed by atoms with Crippen LogP contribution in [0, 0.1) is 19.3 Å². The maximum atomic E-state index is 12.6. The van der Waals surface area contributed by atoms with Crippen LogP contribution in [0.1, 0.15) is 30.9 Å². The summed E-state index contributed by atoms with van der Waals surface area (Å²) in [5.41, 5.74) is 4.60. The predicted molar refractivity (Wildman–Crippen MR) is 117 cm³/mol. The topological polar surface area (TPSA) is 69.7 Å². The molecule has 0 unspecified atom stereocenters. The highest BCUT2D eigenvalue weighted by atomic mass is 16.2. The van der Waals surface area contributed by atoms with Gasteiger partial charge in [0.15, 0.2) is 0 Å². The Hall–Kier alpha value is -3.59. The van der Waals surface area contributed by atoms with Gasteiger partial charge >= 0.3 is 0 Å². The van der Waals surface area contributed by atoms with Gasteiger partial charge in [-0.2, -0.15) is 0 Å². The number of anilines is 1. The molecule has 1 aromatic carbocycles. The molecule has 0 bridgehead atoms. The number of aryl methyl sites for hydroxylation is 1. The summed E-state index contributed by atoms with van der Waals surface area (Å²) >= 11 is 0. The van der Waals surface area contributed by atoms with E-state index < -0.39 is 0 Å². The summed E-state index contributed by atoms with van der Waals surface area (Å²) in [5, 5.41) is 2.89. The number of carbonyl (C=O) groups excluding carboxylic acids is 3. The average molecular weight is 403 g/mol. The van der Waals surface area contributed by atoms with Crippen LogP contribution in [-0.2, 0) is 14.4 Å². The van der Waals surface area contributed by atoms with E-state index in [2.05, 4.69) is 11.2 Å². The molecule has 0 saturated carbocycles. The summed E-state index contributed by atoms with van der Waals surface area (Å²) in [6.07, 6.45) is 12.1. The Morgan fingerprint density at radius 2 is 2.07 bits per heavy atom. The van der Waals surface area contributed by atoms with E-state index in [-0.39, 0.29) is 24.3 Å². The number of rotatable bonds is 5. The number of terminal acetylenes is 1. The van der Waals surface area contributed by atoms with Crippen LogP contribution >= 0.6 is 0 Å². The predicted octanol–water partition coefficient (Wildman–Crippen LogP) is 2.87. The first kappa shape index (κ1) is 21.1. The quantitative estimate of drug-likeness (QED) is 0.466. The largest absolute Gasteiger partial charge is 0.357 e. The monoisotopic (exact) mass is 403 g/mol. The zero-order valence-corrected chi connectivity index (χ0v) is 17.5. The Morgan fingerprint density at radius 3 is 2.73 bits per heavy atom. The van der Waals surface area contributed by atoms with Crippen LogP contribution in [0.4, 0.5) is 5.69 Å². The second kappa shape index (κ2) is 8.83. The Bertz CT molecular complexity index is 1040. The molecule has 3 rings (SSSR count). The van der Waals surface area contributed by atoms with Gasteiger partial charge in [-0.1, -0.05) is 18.1 Å². The summed E-state index contributed by atoms with van der Waals surface area (Å²) < 4.78 is 0. The van der Waals surface area contributed by atoms with Gasteiger partial charge in [0.2, 0.25) is 5.91 Å². The lowest BCUT2D eigenvalue weighted by molar-refractivity contribution is -0.136. The second-order valence-corrected chi connectivity index (χ2v) is 7.34. The van der Waals surface area contributed by atoms with Crippen LogP contribution < -0.4 is 5.32 Å². The van der Waals surface area contributed by atoms with Crippen molar-refractivity contribution in [1.29, 1.82) is 0 Å². The third-order valence-electron chi connectivity index (χ3n) is 5.35. The SMILES string of the molecule is C#CC=CC(=CC)c1ccc(NC(=O)CN2CCCC3=C2C(=O)N(C)C3=O)cc1C. The molecule has 6 nitrogen and oxygen atoms in total. The lowest BCUT2D eigenvalue weighted by Gasteiger charge is -2.28. The molecule has 0 saturated heterocycles. The van der Waals surface area contributed by atoms with Gasteiger partial charge in [-0.3, -0.25) is 19.3 Å². The number of hydrogen-bond acceptors (Lipinski definition) is 4. The van der Waals surface area contributed by atoms with Crippen LogP contribution in [0.2, 0.25) is 0 Å². The molecule has 0 aromatic heterocycles. The Kier molecular flexibility index (Phi) is 6.22. The third kappa shape index (κ3) is 4.06. The number of amides is 3. The van der Waals surface area contributed by atoms with E-state index in [4.69, 9.17) is 6.42 Å². The third-order valence-corrected chi connectivity index (χ3v) is 5.35. The molecule has 2 aliphatic heterocycles. The highest BCUT2D eigenvalue weighted by molar-refractivity contribution is 6.19. The fourth-order valence-corrected chi connectivity index (χ4v) is 3.87. The van der Waals surface area contributed by atoms with E-state index in [1.54, 1.807) is 11.0 Å². The van der Waals surface area contributed by atoms with E-state index in [9.17, 15) is 14.4 Å². The molecule has 3 amide bonds. The van der Waals surface area contributed by atoms with Gasteiger partial charge in [0.1, 0.15) is 5.70 Å². The minimum absolute atomic E-state index is 0.0253. The smallest absolute Gasteiger partial charge is 0.277 e. The molecular formula is C24H25N3O3. The van der Waals surface area contributed by atoms with Gasteiger partial charge in [0.25, 0.3) is 11.8 Å². The van der Waals surface area contributed by atoms with E-state index in [0.717, 1.165) is 28.0 Å². The fourth-order valence-electron chi connectivity index (χ4n) is 3.87. The molecule has 30 heavy (non-hydrogen) atoms. The Morgan fingerprint density at radius 1 is 1.30 bits per heavy atom. The minimum Gasteiger partial charge on any atom is -0.357 e. The number of likely N-dealkylation sites (N-methyl/N-ethyl adjacent to an activating group) is 1. The van der Waals surface area contributed by atoms with Crippen molar-refractivity contribution in [2.45, 2.75) is 26.7 Å². The van der Waals surface area contributed by atoms with Crippen LogP contribution in [0.5, 0.6) is 0 Å². The molecule has 0 radical (unpaired) electrons. The lowest BCUT2D eigenvalue weighted by Crippen LogP contribution is -2.38. The first-order chi connectivity index (χ1) is 14.4. The molecule has 0 aliphatic carbocycles. The number of nitrogens with one attached hydrogen (secondary N) is 1. The van der Waals surface area contributed by atoms with Gasteiger partial charge in [0.05, 0.1) is 6.54 Å². The number of allylic oxidation sites excluding steroid dienone is 4. The van der Waals surface area contributed by atoms with Crippen LogP contribution in [0.15, 0.2) is 47.7 Å². The van der Waals surface area contributed by atoms with E-state index in [0.29, 0.717) is 29.9 Å². The number of benzene rings is 1. The fraction of sp³-hybridized carbons (Fsp3) is 0.292. The first-order valence-electron chi connectivity index (χ1n) is 9.87. The second-order valence-electron chi connectivity index (χ2n) is 7.34. The summed E-state index contributed by atoms with van der Waals surface area (Å²) in [4.78, 5) is 40.1. The molecule has 2 aliphatic rings. The van der Waals surface area contributed by atoms with Crippen molar-refractivity contribution in [1.82, 2.24) is 9.80 Å². The van der Waals surface area contributed by atoms with Crippen LogP contribution in [0.3, 0.4) is 0 Å². The molecule has 0 spiro atoms. The summed E-state index contributed by atoms with van der Waals surface area (Å²) in [5.74, 6) is 1.66. The number of imide groups is 1. The molecule has 2 heterocycles. The van der Waals surface area contributed by atoms with Crippen LogP contribution in [0.25, 0.3) is 5.57 Å². The van der Waals surface area contributed by atoms with Crippen molar-refractivity contribution in [3.05, 3.63) is 58.8 Å². The molecule has 154 valence electrons. The van der Waals surface area contributed by atoms with Crippen molar-refractivity contribution in [2.24, 2.45) is 0 Å². The van der Waals surface area contributed by atoms with Crippen molar-refractivity contribution >= 4 is 29.0 Å². The highest BCUT2D eigenvalue weighted by Crippen LogP contribution is 2.30. The molecule has 0 fully saturated rings. The summed E-state index contributed by atoms with van der Waals surface area (Å²) in [6.45, 7) is 4.51. The highest BCUT2D eigenvalue weighted by Gasteiger charge is 2.40. The normalized spacial score (nSPS) is 16.9. The maximum Gasteiger partial charge on any atom is 0.277 e. The Labute approximate surface area is 176 Å². The van der Waals surface area contributed by atoms with Gasteiger partial charge < -0.3 is 10.2 Å². The summed E-state index contributed by atoms with van der Waals surface area (Å²) in [7, 11) is 1.48. The van der Waals surface area contributed by atoms with Crippen molar-refractivity contribution < 1.29 is 14.4 Å². The Balaban J connectivity index is 1.72. The first-order valence-corrected chi connectivity index (χ1v) is 9.87. The molecule has 1 N–H and O–H groups in total. The zero-order valence-electron chi connectivity index (χ0n) is 17.5. The molecule has 6 heteroatoms. The van der Waals surface area contributed by atoms with Gasteiger partial charge in [-0.25, -0.2) is 0 Å². The maximum absolute atomic E-state index is 12.6. The van der Waals surface area contributed by atoms with Crippen LogP contribution in [-0.4, -0.2) is 47.7 Å². The minimum atomic E-state index is -0.332. The lowest BCUT2D eigenvalue weighted by atomic mass is 9.99. The standard InChI is InChI=1S/C24H25N3O3/c1-5-7-9-17(6-2)19-12-11-18(14-16(19)3)25-21(28)15-27-13-8-10-20-22(27)24(30)26(4)23(20)29/h1,6-7,9,11-12,14H,8,10,13,15H2,2-4H3,(H,25,28). The van der Waals surface area contributed by atoms with E-state index in [1.807, 2.05) is 44.2 Å².